The molecule has 0 saturated carbocycles. The number of nitrogens with zero attached hydrogens (tertiary/aromatic N) is 4. The van der Waals surface area contributed by atoms with Crippen LogP contribution in [0.1, 0.15) is 5.56 Å². The number of non-ortho nitro benzene ring substituents is 1. The standard InChI is InChI=1S/C21H14N4O2/c26-25(27)19-5-1-3-15(13-19)14-23-18-9-6-16(7-10-18)20-11-8-17-4-2-12-22-21(17)24-20/h1-14H. The highest BCUT2D eigenvalue weighted by molar-refractivity contribution is 5.83. The molecule has 0 saturated heterocycles. The van der Waals surface area contributed by atoms with Crippen LogP contribution in [0, 0.1) is 10.1 Å². The number of hydrogen-bond acceptors (Lipinski definition) is 5. The van der Waals surface area contributed by atoms with Gasteiger partial charge in [-0.2, -0.15) is 0 Å². The van der Waals surface area contributed by atoms with Crippen molar-refractivity contribution in [3.05, 3.63) is 94.7 Å². The topological polar surface area (TPSA) is 81.3 Å². The molecule has 0 atom stereocenters. The van der Waals surface area contributed by atoms with Gasteiger partial charge in [-0.3, -0.25) is 15.1 Å². The summed E-state index contributed by atoms with van der Waals surface area (Å²) in [5.74, 6) is 0. The van der Waals surface area contributed by atoms with Crippen molar-refractivity contribution in [3.8, 4) is 11.3 Å². The number of hydrogen-bond donors (Lipinski definition) is 0. The van der Waals surface area contributed by atoms with Gasteiger partial charge in [0, 0.05) is 35.5 Å². The molecule has 0 bridgehead atoms. The Morgan fingerprint density at radius 2 is 1.81 bits per heavy atom. The molecule has 0 amide bonds. The first kappa shape index (κ1) is 16.5. The third-order valence-electron chi connectivity index (χ3n) is 4.07. The summed E-state index contributed by atoms with van der Waals surface area (Å²) < 4.78 is 0. The van der Waals surface area contributed by atoms with Crippen molar-refractivity contribution in [2.75, 3.05) is 0 Å². The number of aromatic nitrogens is 2. The van der Waals surface area contributed by atoms with Crippen LogP contribution in [0.15, 0.2) is 84.0 Å². The number of fused-ring (bicyclic) bond motifs is 1. The van der Waals surface area contributed by atoms with Crippen molar-refractivity contribution in [2.24, 2.45) is 4.99 Å². The molecule has 0 fully saturated rings. The van der Waals surface area contributed by atoms with Gasteiger partial charge in [-0.05, 0) is 42.0 Å². The minimum absolute atomic E-state index is 0.0466. The molecule has 6 heteroatoms. The zero-order valence-electron chi connectivity index (χ0n) is 14.2. The van der Waals surface area contributed by atoms with Crippen molar-refractivity contribution in [1.82, 2.24) is 9.97 Å². The molecule has 0 spiro atoms. The molecular formula is C21H14N4O2. The molecule has 6 nitrogen and oxygen atoms in total. The first-order valence-corrected chi connectivity index (χ1v) is 8.30. The fourth-order valence-electron chi connectivity index (χ4n) is 2.70. The van der Waals surface area contributed by atoms with Crippen LogP contribution in [0.2, 0.25) is 0 Å². The quantitative estimate of drug-likeness (QED) is 0.295. The van der Waals surface area contributed by atoms with E-state index >= 15 is 0 Å². The zero-order chi connectivity index (χ0) is 18.6. The summed E-state index contributed by atoms with van der Waals surface area (Å²) in [6.07, 6.45) is 3.34. The number of nitro benzene ring substituents is 1. The number of rotatable bonds is 4. The third kappa shape index (κ3) is 3.69. The minimum Gasteiger partial charge on any atom is -0.258 e. The number of benzene rings is 2. The van der Waals surface area contributed by atoms with Crippen LogP contribution >= 0.6 is 0 Å². The van der Waals surface area contributed by atoms with Crippen LogP contribution in [0.4, 0.5) is 11.4 Å². The van der Waals surface area contributed by atoms with Gasteiger partial charge in [0.1, 0.15) is 0 Å². The predicted octanol–water partition coefficient (Wildman–Crippen LogP) is 4.96. The average Bonchev–Trinajstić information content (AvgIpc) is 2.72. The van der Waals surface area contributed by atoms with Crippen LogP contribution in [0.25, 0.3) is 22.3 Å². The van der Waals surface area contributed by atoms with Crippen LogP contribution in [-0.4, -0.2) is 21.1 Å². The molecule has 2 aromatic heterocycles. The van der Waals surface area contributed by atoms with Crippen molar-refractivity contribution < 1.29 is 4.92 Å². The Hall–Kier alpha value is -3.93. The van der Waals surface area contributed by atoms with Gasteiger partial charge in [-0.1, -0.05) is 24.3 Å². The first-order chi connectivity index (χ1) is 13.2. The van der Waals surface area contributed by atoms with Gasteiger partial charge in [0.2, 0.25) is 0 Å². The summed E-state index contributed by atoms with van der Waals surface area (Å²) in [4.78, 5) is 23.7. The number of pyridine rings is 2. The lowest BCUT2D eigenvalue weighted by Gasteiger charge is -2.03. The Morgan fingerprint density at radius 1 is 0.963 bits per heavy atom. The second-order valence-corrected chi connectivity index (χ2v) is 5.90. The van der Waals surface area contributed by atoms with Crippen molar-refractivity contribution in [1.29, 1.82) is 0 Å². The van der Waals surface area contributed by atoms with Crippen LogP contribution in [0.3, 0.4) is 0 Å². The Labute approximate surface area is 155 Å². The molecule has 0 radical (unpaired) electrons. The highest BCUT2D eigenvalue weighted by atomic mass is 16.6. The van der Waals surface area contributed by atoms with Crippen molar-refractivity contribution in [2.45, 2.75) is 0 Å². The van der Waals surface area contributed by atoms with Crippen molar-refractivity contribution in [3.63, 3.8) is 0 Å². The molecule has 2 heterocycles. The Kier molecular flexibility index (Phi) is 4.37. The highest BCUT2D eigenvalue weighted by Gasteiger charge is 2.04. The maximum atomic E-state index is 10.8. The molecule has 27 heavy (non-hydrogen) atoms. The van der Waals surface area contributed by atoms with E-state index in [0.717, 1.165) is 22.3 Å². The predicted molar refractivity (Wildman–Crippen MR) is 105 cm³/mol. The lowest BCUT2D eigenvalue weighted by Crippen LogP contribution is -1.89. The smallest absolute Gasteiger partial charge is 0.258 e. The molecule has 0 aliphatic heterocycles. The summed E-state index contributed by atoms with van der Waals surface area (Å²) in [6, 6.07) is 21.8. The fraction of sp³-hybridized carbons (Fsp3) is 0. The molecule has 130 valence electrons. The SMILES string of the molecule is O=[N+]([O-])c1cccc(C=Nc2ccc(-c3ccc4cccnc4n3)cc2)c1. The summed E-state index contributed by atoms with van der Waals surface area (Å²) in [5, 5.41) is 11.8. The Morgan fingerprint density at radius 3 is 2.63 bits per heavy atom. The van der Waals surface area contributed by atoms with E-state index in [4.69, 9.17) is 0 Å². The van der Waals surface area contributed by atoms with E-state index in [1.54, 1.807) is 24.5 Å². The van der Waals surface area contributed by atoms with Crippen molar-refractivity contribution >= 4 is 28.6 Å². The molecular weight excluding hydrogens is 340 g/mol. The Bertz CT molecular complexity index is 1150. The second-order valence-electron chi connectivity index (χ2n) is 5.90. The largest absolute Gasteiger partial charge is 0.270 e. The van der Waals surface area contributed by atoms with Gasteiger partial charge >= 0.3 is 0 Å². The third-order valence-corrected chi connectivity index (χ3v) is 4.07. The molecule has 0 unspecified atom stereocenters. The van der Waals surface area contributed by atoms with Gasteiger partial charge in [0.15, 0.2) is 5.65 Å². The van der Waals surface area contributed by atoms with Gasteiger partial charge < -0.3 is 0 Å². The molecule has 4 rings (SSSR count). The van der Waals surface area contributed by atoms with E-state index in [9.17, 15) is 10.1 Å². The Balaban J connectivity index is 1.56. The molecule has 0 aliphatic rings. The van der Waals surface area contributed by atoms with E-state index in [1.165, 1.54) is 12.1 Å². The van der Waals surface area contributed by atoms with E-state index in [1.807, 2.05) is 48.5 Å². The molecule has 0 aliphatic carbocycles. The number of aliphatic imine (C=N–C) groups is 1. The molecule has 4 aromatic rings. The normalized spacial score (nSPS) is 11.1. The second kappa shape index (κ2) is 7.13. The van der Waals surface area contributed by atoms with E-state index in [2.05, 4.69) is 15.0 Å². The zero-order valence-corrected chi connectivity index (χ0v) is 14.2. The van der Waals surface area contributed by atoms with E-state index < -0.39 is 4.92 Å². The van der Waals surface area contributed by atoms with Crippen LogP contribution in [-0.2, 0) is 0 Å². The fourth-order valence-corrected chi connectivity index (χ4v) is 2.70. The van der Waals surface area contributed by atoms with Gasteiger partial charge in [0.25, 0.3) is 5.69 Å². The maximum absolute atomic E-state index is 10.8. The highest BCUT2D eigenvalue weighted by Crippen LogP contribution is 2.23. The average molecular weight is 354 g/mol. The summed E-state index contributed by atoms with van der Waals surface area (Å²) in [6.45, 7) is 0. The summed E-state index contributed by atoms with van der Waals surface area (Å²) in [7, 11) is 0. The van der Waals surface area contributed by atoms with Gasteiger partial charge in [-0.15, -0.1) is 0 Å². The summed E-state index contributed by atoms with van der Waals surface area (Å²) >= 11 is 0. The monoisotopic (exact) mass is 354 g/mol. The lowest BCUT2D eigenvalue weighted by molar-refractivity contribution is -0.384. The lowest BCUT2D eigenvalue weighted by atomic mass is 10.1. The van der Waals surface area contributed by atoms with Crippen LogP contribution in [0.5, 0.6) is 0 Å². The van der Waals surface area contributed by atoms with Crippen LogP contribution < -0.4 is 0 Å². The molecule has 2 aromatic carbocycles. The van der Waals surface area contributed by atoms with E-state index in [-0.39, 0.29) is 5.69 Å². The van der Waals surface area contributed by atoms with Gasteiger partial charge in [-0.25, -0.2) is 9.97 Å². The summed E-state index contributed by atoms with van der Waals surface area (Å²) in [5.41, 5.74) is 4.00. The maximum Gasteiger partial charge on any atom is 0.270 e. The molecule has 0 N–H and O–H groups in total. The van der Waals surface area contributed by atoms with E-state index in [0.29, 0.717) is 11.2 Å². The minimum atomic E-state index is -0.419. The van der Waals surface area contributed by atoms with Gasteiger partial charge in [0.05, 0.1) is 16.3 Å². The number of nitro groups is 1. The first-order valence-electron chi connectivity index (χ1n) is 8.30.